The number of rotatable bonds is 8. The lowest BCUT2D eigenvalue weighted by Crippen LogP contribution is -2.45. The molecule has 1 saturated heterocycles. The minimum atomic E-state index is 0. The monoisotopic (exact) mass is 562 g/mol. The molecule has 154 valence electrons. The number of nitrogens with zero attached hydrogens (tertiary/aromatic N) is 2. The zero-order valence-corrected chi connectivity index (χ0v) is 20.0. The summed E-state index contributed by atoms with van der Waals surface area (Å²) >= 11 is 3.64. The molecule has 0 spiro atoms. The Morgan fingerprint density at radius 1 is 1.32 bits per heavy atom. The summed E-state index contributed by atoms with van der Waals surface area (Å²) in [5, 5.41) is 6.89. The maximum Gasteiger partial charge on any atom is 0.191 e. The number of hydrogen-bond donors (Lipinski definition) is 2. The Labute approximate surface area is 192 Å². The van der Waals surface area contributed by atoms with Crippen LogP contribution >= 0.6 is 39.9 Å². The lowest BCUT2D eigenvalue weighted by atomic mass is 10.2. The predicted octanol–water partition coefficient (Wildman–Crippen LogP) is 4.01. The van der Waals surface area contributed by atoms with Crippen LogP contribution in [0.5, 0.6) is 0 Å². The smallest absolute Gasteiger partial charge is 0.191 e. The third-order valence-electron chi connectivity index (χ3n) is 4.53. The van der Waals surface area contributed by atoms with E-state index in [1.807, 2.05) is 25.2 Å². The summed E-state index contributed by atoms with van der Waals surface area (Å²) in [7, 11) is 1.81. The second-order valence-electron chi connectivity index (χ2n) is 6.51. The van der Waals surface area contributed by atoms with Crippen LogP contribution in [0.25, 0.3) is 0 Å². The largest absolute Gasteiger partial charge is 0.467 e. The summed E-state index contributed by atoms with van der Waals surface area (Å²) in [5.41, 5.74) is 1.25. The van der Waals surface area contributed by atoms with Crippen molar-refractivity contribution in [1.29, 1.82) is 0 Å². The van der Waals surface area contributed by atoms with Gasteiger partial charge in [0.1, 0.15) is 12.4 Å². The summed E-state index contributed by atoms with van der Waals surface area (Å²) < 4.78 is 12.0. The van der Waals surface area contributed by atoms with Crippen LogP contribution in [0.4, 0.5) is 5.69 Å². The molecule has 3 rings (SSSR count). The second-order valence-corrected chi connectivity index (χ2v) is 7.37. The van der Waals surface area contributed by atoms with E-state index in [0.717, 1.165) is 48.7 Å². The van der Waals surface area contributed by atoms with E-state index in [-0.39, 0.29) is 24.0 Å². The van der Waals surface area contributed by atoms with Crippen LogP contribution in [0.3, 0.4) is 0 Å². The standard InChI is InChI=1S/C20H27BrN4O2.HI/c1-22-20(23-10-5-12-26-15-17-6-4-13-27-17)24-16-9-11-25(14-16)19-8-3-2-7-18(19)21;/h2-4,6-8,13,16H,5,9-12,14-15H2,1H3,(H2,22,23,24);1H. The fourth-order valence-corrected chi connectivity index (χ4v) is 3.68. The van der Waals surface area contributed by atoms with E-state index in [1.165, 1.54) is 5.69 Å². The predicted molar refractivity (Wildman–Crippen MR) is 128 cm³/mol. The van der Waals surface area contributed by atoms with Gasteiger partial charge >= 0.3 is 0 Å². The van der Waals surface area contributed by atoms with Crippen molar-refractivity contribution in [3.8, 4) is 0 Å². The maximum atomic E-state index is 5.60. The topological polar surface area (TPSA) is 62.0 Å². The third kappa shape index (κ3) is 6.97. The van der Waals surface area contributed by atoms with Crippen LogP contribution in [-0.2, 0) is 11.3 Å². The van der Waals surface area contributed by atoms with E-state index in [2.05, 4.69) is 54.7 Å². The number of halogens is 2. The van der Waals surface area contributed by atoms with E-state index in [4.69, 9.17) is 9.15 Å². The Morgan fingerprint density at radius 3 is 2.93 bits per heavy atom. The molecule has 1 unspecified atom stereocenters. The van der Waals surface area contributed by atoms with Crippen molar-refractivity contribution in [2.75, 3.05) is 38.2 Å². The number of furan rings is 1. The molecule has 2 N–H and O–H groups in total. The molecule has 1 aromatic carbocycles. The molecule has 0 bridgehead atoms. The minimum absolute atomic E-state index is 0. The fourth-order valence-electron chi connectivity index (χ4n) is 3.14. The molecule has 0 radical (unpaired) electrons. The van der Waals surface area contributed by atoms with Crippen LogP contribution in [0.15, 0.2) is 56.5 Å². The molecule has 0 aliphatic carbocycles. The fraction of sp³-hybridized carbons (Fsp3) is 0.450. The normalized spacial score (nSPS) is 16.7. The Bertz CT molecular complexity index is 727. The van der Waals surface area contributed by atoms with Crippen molar-refractivity contribution in [2.45, 2.75) is 25.5 Å². The minimum Gasteiger partial charge on any atom is -0.467 e. The number of ether oxygens (including phenoxy) is 1. The Balaban J connectivity index is 0.00000280. The lowest BCUT2D eigenvalue weighted by molar-refractivity contribution is 0.105. The van der Waals surface area contributed by atoms with Gasteiger partial charge in [-0.25, -0.2) is 0 Å². The number of guanidine groups is 1. The molecule has 2 heterocycles. The molecule has 6 nitrogen and oxygen atoms in total. The molecule has 0 saturated carbocycles. The molecule has 28 heavy (non-hydrogen) atoms. The van der Waals surface area contributed by atoms with Crippen molar-refractivity contribution < 1.29 is 9.15 Å². The van der Waals surface area contributed by atoms with Crippen molar-refractivity contribution in [1.82, 2.24) is 10.6 Å². The Kier molecular flexibility index (Phi) is 10.1. The summed E-state index contributed by atoms with van der Waals surface area (Å²) in [6.45, 7) is 4.03. The van der Waals surface area contributed by atoms with E-state index in [9.17, 15) is 0 Å². The van der Waals surface area contributed by atoms with E-state index in [1.54, 1.807) is 6.26 Å². The van der Waals surface area contributed by atoms with Crippen LogP contribution in [0.1, 0.15) is 18.6 Å². The first-order chi connectivity index (χ1) is 13.3. The highest BCUT2D eigenvalue weighted by Crippen LogP contribution is 2.28. The maximum absolute atomic E-state index is 5.60. The van der Waals surface area contributed by atoms with E-state index < -0.39 is 0 Å². The van der Waals surface area contributed by atoms with Crippen LogP contribution < -0.4 is 15.5 Å². The van der Waals surface area contributed by atoms with Gasteiger partial charge in [0.05, 0.1) is 12.0 Å². The average Bonchev–Trinajstić information content (AvgIpc) is 3.36. The van der Waals surface area contributed by atoms with Gasteiger partial charge in [0, 0.05) is 43.8 Å². The van der Waals surface area contributed by atoms with Crippen molar-refractivity contribution >= 4 is 51.6 Å². The van der Waals surface area contributed by atoms with Gasteiger partial charge in [-0.2, -0.15) is 0 Å². The first-order valence-electron chi connectivity index (χ1n) is 9.33. The number of aliphatic imine (C=N–C) groups is 1. The van der Waals surface area contributed by atoms with E-state index in [0.29, 0.717) is 19.3 Å². The number of benzene rings is 1. The first kappa shape index (κ1) is 23.0. The Hall–Kier alpha value is -1.26. The highest BCUT2D eigenvalue weighted by atomic mass is 127. The van der Waals surface area contributed by atoms with Crippen molar-refractivity contribution in [3.63, 3.8) is 0 Å². The van der Waals surface area contributed by atoms with Crippen LogP contribution in [0, 0.1) is 0 Å². The van der Waals surface area contributed by atoms with Crippen LogP contribution in [0.2, 0.25) is 0 Å². The Morgan fingerprint density at radius 2 is 2.18 bits per heavy atom. The number of hydrogen-bond acceptors (Lipinski definition) is 4. The van der Waals surface area contributed by atoms with Gasteiger partial charge in [-0.1, -0.05) is 12.1 Å². The molecule has 1 aliphatic heterocycles. The molecule has 2 aromatic rings. The number of para-hydroxylation sites is 1. The van der Waals surface area contributed by atoms with Gasteiger partial charge in [0.25, 0.3) is 0 Å². The van der Waals surface area contributed by atoms with Gasteiger partial charge in [-0.05, 0) is 53.0 Å². The van der Waals surface area contributed by atoms with Gasteiger partial charge in [-0.15, -0.1) is 24.0 Å². The second kappa shape index (κ2) is 12.3. The quantitative estimate of drug-likeness (QED) is 0.220. The van der Waals surface area contributed by atoms with Crippen molar-refractivity contribution in [2.24, 2.45) is 4.99 Å². The van der Waals surface area contributed by atoms with Gasteiger partial charge in [-0.3, -0.25) is 4.99 Å². The summed E-state index contributed by atoms with van der Waals surface area (Å²) in [6, 6.07) is 12.5. The first-order valence-corrected chi connectivity index (χ1v) is 10.1. The number of anilines is 1. The third-order valence-corrected chi connectivity index (χ3v) is 5.20. The lowest BCUT2D eigenvalue weighted by Gasteiger charge is -2.21. The van der Waals surface area contributed by atoms with Gasteiger partial charge in [0.15, 0.2) is 5.96 Å². The van der Waals surface area contributed by atoms with Crippen LogP contribution in [-0.4, -0.2) is 45.3 Å². The molecule has 1 aliphatic rings. The molecular formula is C20H28BrIN4O2. The molecule has 1 fully saturated rings. The van der Waals surface area contributed by atoms with Gasteiger partial charge in [0.2, 0.25) is 0 Å². The molecular weight excluding hydrogens is 535 g/mol. The molecule has 0 amide bonds. The summed E-state index contributed by atoms with van der Waals surface area (Å²) in [4.78, 5) is 6.74. The zero-order chi connectivity index (χ0) is 18.9. The van der Waals surface area contributed by atoms with Gasteiger partial charge < -0.3 is 24.7 Å². The number of nitrogens with one attached hydrogen (secondary N) is 2. The summed E-state index contributed by atoms with van der Waals surface area (Å²) in [6.07, 6.45) is 3.67. The average molecular weight is 563 g/mol. The molecule has 1 aromatic heterocycles. The highest BCUT2D eigenvalue weighted by Gasteiger charge is 2.24. The zero-order valence-electron chi connectivity index (χ0n) is 16.1. The molecule has 1 atom stereocenters. The SMILES string of the molecule is CN=C(NCCCOCc1ccco1)NC1CCN(c2ccccc2Br)C1.I. The van der Waals surface area contributed by atoms with Crippen molar-refractivity contribution in [3.05, 3.63) is 52.9 Å². The summed E-state index contributed by atoms with van der Waals surface area (Å²) in [5.74, 6) is 1.70. The molecule has 8 heteroatoms. The van der Waals surface area contributed by atoms with E-state index >= 15 is 0 Å². The highest BCUT2D eigenvalue weighted by molar-refractivity contribution is 14.0.